The van der Waals surface area contributed by atoms with E-state index in [-0.39, 0.29) is 24.0 Å². The average Bonchev–Trinajstić information content (AvgIpc) is 2.46. The van der Waals surface area contributed by atoms with Crippen molar-refractivity contribution in [2.45, 2.75) is 59.5 Å². The normalized spacial score (nSPS) is 11.9. The van der Waals surface area contributed by atoms with E-state index in [2.05, 4.69) is 62.0 Å². The van der Waals surface area contributed by atoms with Crippen molar-refractivity contribution in [1.29, 1.82) is 0 Å². The number of aryl methyl sites for hydroxylation is 1. The van der Waals surface area contributed by atoms with Crippen molar-refractivity contribution in [3.05, 3.63) is 29.8 Å². The zero-order valence-electron chi connectivity index (χ0n) is 15.2. The van der Waals surface area contributed by atoms with E-state index in [0.717, 1.165) is 31.6 Å². The molecule has 0 aliphatic rings. The summed E-state index contributed by atoms with van der Waals surface area (Å²) in [7, 11) is 0. The first kappa shape index (κ1) is 22.2. The third kappa shape index (κ3) is 8.55. The van der Waals surface area contributed by atoms with E-state index in [0.29, 0.717) is 18.0 Å². The van der Waals surface area contributed by atoms with Crippen molar-refractivity contribution in [3.8, 4) is 0 Å². The van der Waals surface area contributed by atoms with Crippen molar-refractivity contribution >= 4 is 35.6 Å². The zero-order valence-corrected chi connectivity index (χ0v) is 17.5. The van der Waals surface area contributed by atoms with Gasteiger partial charge in [-0.25, -0.2) is 0 Å². The summed E-state index contributed by atoms with van der Waals surface area (Å²) in [5.74, 6) is 0.494. The second-order valence-corrected chi connectivity index (χ2v) is 6.22. The molecule has 0 radical (unpaired) electrons. The van der Waals surface area contributed by atoms with Crippen LogP contribution in [-0.4, -0.2) is 36.0 Å². The largest absolute Gasteiger partial charge is 0.370 e. The molecular formula is C18H33IN4. The third-order valence-corrected chi connectivity index (χ3v) is 3.79. The summed E-state index contributed by atoms with van der Waals surface area (Å²) in [5.41, 5.74) is 8.26. The minimum absolute atomic E-state index is 0. The van der Waals surface area contributed by atoms with E-state index in [9.17, 15) is 0 Å². The van der Waals surface area contributed by atoms with E-state index in [1.165, 1.54) is 5.56 Å². The Bertz CT molecular complexity index is 464. The molecule has 5 heteroatoms. The molecule has 0 amide bonds. The second kappa shape index (κ2) is 11.7. The summed E-state index contributed by atoms with van der Waals surface area (Å²) in [6, 6.07) is 9.41. The Labute approximate surface area is 158 Å². The van der Waals surface area contributed by atoms with Crippen molar-refractivity contribution in [2.24, 2.45) is 10.7 Å². The van der Waals surface area contributed by atoms with Crippen LogP contribution >= 0.6 is 24.0 Å². The summed E-state index contributed by atoms with van der Waals surface area (Å²) in [6.07, 6.45) is 2.04. The topological polar surface area (TPSA) is 53.6 Å². The number of hydrogen-bond donors (Lipinski definition) is 2. The lowest BCUT2D eigenvalue weighted by molar-refractivity contribution is 0.174. The predicted molar refractivity (Wildman–Crippen MR) is 113 cm³/mol. The first-order valence-corrected chi connectivity index (χ1v) is 8.35. The molecule has 0 aliphatic heterocycles. The molecule has 0 saturated carbocycles. The average molecular weight is 432 g/mol. The summed E-state index contributed by atoms with van der Waals surface area (Å²) in [6.45, 7) is 12.9. The number of nitrogens with one attached hydrogen (secondary N) is 1. The summed E-state index contributed by atoms with van der Waals surface area (Å²) in [4.78, 5) is 6.90. The molecule has 23 heavy (non-hydrogen) atoms. The molecule has 0 fully saturated rings. The van der Waals surface area contributed by atoms with Crippen LogP contribution in [0.15, 0.2) is 29.3 Å². The van der Waals surface area contributed by atoms with Gasteiger partial charge < -0.3 is 11.1 Å². The predicted octanol–water partition coefficient (Wildman–Crippen LogP) is 4.10. The minimum atomic E-state index is 0. The van der Waals surface area contributed by atoms with Gasteiger partial charge in [-0.1, -0.05) is 19.1 Å². The van der Waals surface area contributed by atoms with Crippen LogP contribution in [0.2, 0.25) is 0 Å². The summed E-state index contributed by atoms with van der Waals surface area (Å²) >= 11 is 0. The highest BCUT2D eigenvalue weighted by atomic mass is 127. The highest BCUT2D eigenvalue weighted by Crippen LogP contribution is 2.10. The van der Waals surface area contributed by atoms with Crippen molar-refractivity contribution in [2.75, 3.05) is 18.4 Å². The van der Waals surface area contributed by atoms with Gasteiger partial charge in [0.1, 0.15) is 0 Å². The molecule has 1 aromatic rings. The maximum Gasteiger partial charge on any atom is 0.193 e. The van der Waals surface area contributed by atoms with Crippen LogP contribution in [0.4, 0.5) is 5.69 Å². The van der Waals surface area contributed by atoms with E-state index in [1.807, 2.05) is 12.1 Å². The highest BCUT2D eigenvalue weighted by Gasteiger charge is 2.11. The standard InChI is InChI=1S/C18H32N4.HI/c1-6-16-9-7-10-17(13-16)21-18(19)20-11-8-12-22(14(2)3)15(4)5;/h7,9-10,13-15H,6,8,11-12H2,1-5H3,(H3,19,20,21);1H. The van der Waals surface area contributed by atoms with Crippen molar-refractivity contribution in [3.63, 3.8) is 0 Å². The van der Waals surface area contributed by atoms with Gasteiger partial charge in [-0.2, -0.15) is 0 Å². The van der Waals surface area contributed by atoms with E-state index >= 15 is 0 Å². The number of aliphatic imine (C=N–C) groups is 1. The van der Waals surface area contributed by atoms with E-state index in [4.69, 9.17) is 5.73 Å². The molecule has 0 atom stereocenters. The molecule has 132 valence electrons. The Morgan fingerprint density at radius 1 is 1.22 bits per heavy atom. The fourth-order valence-corrected chi connectivity index (χ4v) is 2.62. The Hall–Kier alpha value is -0.820. The number of guanidine groups is 1. The number of rotatable bonds is 8. The van der Waals surface area contributed by atoms with Crippen LogP contribution < -0.4 is 11.1 Å². The molecule has 0 heterocycles. The number of halogens is 1. The second-order valence-electron chi connectivity index (χ2n) is 6.22. The van der Waals surface area contributed by atoms with Crippen LogP contribution in [0.3, 0.4) is 0 Å². The number of hydrogen-bond acceptors (Lipinski definition) is 2. The number of nitrogens with two attached hydrogens (primary N) is 1. The number of nitrogens with zero attached hydrogens (tertiary/aromatic N) is 2. The van der Waals surface area contributed by atoms with Gasteiger partial charge in [0, 0.05) is 30.9 Å². The quantitative estimate of drug-likeness (QED) is 0.282. The van der Waals surface area contributed by atoms with Crippen molar-refractivity contribution in [1.82, 2.24) is 4.90 Å². The molecule has 3 N–H and O–H groups in total. The maximum atomic E-state index is 5.96. The van der Waals surface area contributed by atoms with Gasteiger partial charge in [0.25, 0.3) is 0 Å². The van der Waals surface area contributed by atoms with Crippen LogP contribution in [-0.2, 0) is 6.42 Å². The summed E-state index contributed by atoms with van der Waals surface area (Å²) in [5, 5.41) is 3.16. The molecule has 0 aromatic heterocycles. The zero-order chi connectivity index (χ0) is 16.5. The lowest BCUT2D eigenvalue weighted by Gasteiger charge is -2.30. The lowest BCUT2D eigenvalue weighted by atomic mass is 10.1. The van der Waals surface area contributed by atoms with Crippen LogP contribution in [0.25, 0.3) is 0 Å². The van der Waals surface area contributed by atoms with E-state index in [1.54, 1.807) is 0 Å². The number of anilines is 1. The van der Waals surface area contributed by atoms with Gasteiger partial charge >= 0.3 is 0 Å². The Balaban J connectivity index is 0.00000484. The third-order valence-electron chi connectivity index (χ3n) is 3.79. The van der Waals surface area contributed by atoms with Gasteiger partial charge in [-0.3, -0.25) is 9.89 Å². The van der Waals surface area contributed by atoms with Gasteiger partial charge in [-0.15, -0.1) is 24.0 Å². The molecule has 1 rings (SSSR count). The van der Waals surface area contributed by atoms with Crippen LogP contribution in [0.1, 0.15) is 46.6 Å². The molecule has 0 bridgehead atoms. The smallest absolute Gasteiger partial charge is 0.193 e. The van der Waals surface area contributed by atoms with Crippen LogP contribution in [0.5, 0.6) is 0 Å². The lowest BCUT2D eigenvalue weighted by Crippen LogP contribution is -2.38. The molecule has 0 saturated heterocycles. The molecule has 0 aliphatic carbocycles. The number of benzene rings is 1. The monoisotopic (exact) mass is 432 g/mol. The fourth-order valence-electron chi connectivity index (χ4n) is 2.62. The summed E-state index contributed by atoms with van der Waals surface area (Å²) < 4.78 is 0. The minimum Gasteiger partial charge on any atom is -0.370 e. The van der Waals surface area contributed by atoms with E-state index < -0.39 is 0 Å². The van der Waals surface area contributed by atoms with Crippen molar-refractivity contribution < 1.29 is 0 Å². The molecular weight excluding hydrogens is 399 g/mol. The molecule has 1 aromatic carbocycles. The Kier molecular flexibility index (Phi) is 11.3. The SMILES string of the molecule is CCc1cccc(NC(N)=NCCCN(C(C)C)C(C)C)c1.I. The first-order chi connectivity index (χ1) is 10.4. The molecule has 0 spiro atoms. The van der Waals surface area contributed by atoms with Gasteiger partial charge in [-0.05, 0) is 58.2 Å². The Morgan fingerprint density at radius 2 is 1.87 bits per heavy atom. The molecule has 0 unspecified atom stereocenters. The Morgan fingerprint density at radius 3 is 2.43 bits per heavy atom. The van der Waals surface area contributed by atoms with Gasteiger partial charge in [0.15, 0.2) is 5.96 Å². The first-order valence-electron chi connectivity index (χ1n) is 8.35. The van der Waals surface area contributed by atoms with Crippen LogP contribution in [0, 0.1) is 0 Å². The van der Waals surface area contributed by atoms with Gasteiger partial charge in [0.05, 0.1) is 0 Å². The highest BCUT2D eigenvalue weighted by molar-refractivity contribution is 14.0. The fraction of sp³-hybridized carbons (Fsp3) is 0.611. The van der Waals surface area contributed by atoms with Gasteiger partial charge in [0.2, 0.25) is 0 Å². The molecule has 4 nitrogen and oxygen atoms in total. The maximum absolute atomic E-state index is 5.96.